The molecule has 1 aromatic carbocycles. The molecular formula is C20H22N4OS. The molecule has 0 saturated heterocycles. The second kappa shape index (κ2) is 6.76. The Bertz CT molecular complexity index is 975. The average molecular weight is 366 g/mol. The predicted molar refractivity (Wildman–Crippen MR) is 106 cm³/mol. The summed E-state index contributed by atoms with van der Waals surface area (Å²) < 4.78 is 1.90. The zero-order chi connectivity index (χ0) is 18.3. The molecule has 0 bridgehead atoms. The topological polar surface area (TPSA) is 59.8 Å². The molecule has 0 spiro atoms. The van der Waals surface area contributed by atoms with E-state index in [2.05, 4.69) is 24.3 Å². The van der Waals surface area contributed by atoms with E-state index in [4.69, 9.17) is 4.98 Å². The molecule has 0 aliphatic heterocycles. The summed E-state index contributed by atoms with van der Waals surface area (Å²) in [6, 6.07) is 10.00. The van der Waals surface area contributed by atoms with Gasteiger partial charge in [-0.25, -0.2) is 9.67 Å². The Kier molecular flexibility index (Phi) is 4.44. The number of aromatic nitrogens is 3. The third kappa shape index (κ3) is 3.09. The highest BCUT2D eigenvalue weighted by Crippen LogP contribution is 2.40. The summed E-state index contributed by atoms with van der Waals surface area (Å²) in [6.45, 7) is 4.15. The fourth-order valence-electron chi connectivity index (χ4n) is 3.13. The van der Waals surface area contributed by atoms with Crippen LogP contribution in [0.5, 0.6) is 0 Å². The number of hydrogen-bond acceptors (Lipinski definition) is 4. The van der Waals surface area contributed by atoms with Gasteiger partial charge in [-0.15, -0.1) is 11.8 Å². The molecule has 1 fully saturated rings. The summed E-state index contributed by atoms with van der Waals surface area (Å²) in [5, 5.41) is 8.35. The molecule has 2 aromatic heterocycles. The zero-order valence-electron chi connectivity index (χ0n) is 15.2. The molecule has 0 atom stereocenters. The van der Waals surface area contributed by atoms with Gasteiger partial charge in [0, 0.05) is 22.5 Å². The molecule has 26 heavy (non-hydrogen) atoms. The van der Waals surface area contributed by atoms with Gasteiger partial charge in [0.05, 0.1) is 22.8 Å². The number of benzene rings is 1. The van der Waals surface area contributed by atoms with E-state index in [1.165, 1.54) is 0 Å². The fourth-order valence-corrected chi connectivity index (χ4v) is 3.68. The Labute approximate surface area is 157 Å². The molecule has 2 heterocycles. The lowest BCUT2D eigenvalue weighted by Gasteiger charge is -2.12. The van der Waals surface area contributed by atoms with E-state index < -0.39 is 0 Å². The number of nitrogens with one attached hydrogen (secondary N) is 1. The van der Waals surface area contributed by atoms with E-state index in [0.29, 0.717) is 11.5 Å². The standard InChI is InChI=1S/C20H22N4OS/c1-12(2)24-19-15(11-21-24)14(10-17(22-19)13-8-9-13)20(25)23-16-6-4-5-7-18(16)26-3/h4-7,10-13H,8-9H2,1-3H3,(H,23,25). The second-order valence-corrected chi connectivity index (χ2v) is 7.79. The van der Waals surface area contributed by atoms with Gasteiger partial charge < -0.3 is 5.32 Å². The lowest BCUT2D eigenvalue weighted by Crippen LogP contribution is -2.14. The molecule has 0 unspecified atom stereocenters. The number of para-hydroxylation sites is 1. The molecule has 3 aromatic rings. The van der Waals surface area contributed by atoms with Crippen LogP contribution in [0.4, 0.5) is 5.69 Å². The molecular weight excluding hydrogens is 344 g/mol. The van der Waals surface area contributed by atoms with Crippen LogP contribution in [0.2, 0.25) is 0 Å². The lowest BCUT2D eigenvalue weighted by atomic mass is 10.1. The third-order valence-electron chi connectivity index (χ3n) is 4.67. The Morgan fingerprint density at radius 3 is 2.77 bits per heavy atom. The number of pyridine rings is 1. The van der Waals surface area contributed by atoms with Gasteiger partial charge in [-0.1, -0.05) is 12.1 Å². The van der Waals surface area contributed by atoms with Crippen LogP contribution >= 0.6 is 11.8 Å². The van der Waals surface area contributed by atoms with E-state index in [1.807, 2.05) is 41.3 Å². The van der Waals surface area contributed by atoms with Gasteiger partial charge >= 0.3 is 0 Å². The first-order valence-corrected chi connectivity index (χ1v) is 10.1. The quantitative estimate of drug-likeness (QED) is 0.655. The van der Waals surface area contributed by atoms with Crippen LogP contribution in [0.3, 0.4) is 0 Å². The van der Waals surface area contributed by atoms with Gasteiger partial charge in [0.25, 0.3) is 5.91 Å². The van der Waals surface area contributed by atoms with Crippen molar-refractivity contribution in [3.05, 3.63) is 47.8 Å². The van der Waals surface area contributed by atoms with Crippen molar-refractivity contribution in [2.45, 2.75) is 43.5 Å². The molecule has 1 N–H and O–H groups in total. The van der Waals surface area contributed by atoms with Crippen LogP contribution in [-0.2, 0) is 0 Å². The van der Waals surface area contributed by atoms with Crippen molar-refractivity contribution in [3.8, 4) is 0 Å². The van der Waals surface area contributed by atoms with Crippen LogP contribution in [0.1, 0.15) is 54.7 Å². The number of fused-ring (bicyclic) bond motifs is 1. The zero-order valence-corrected chi connectivity index (χ0v) is 16.0. The molecule has 1 amide bonds. The van der Waals surface area contributed by atoms with E-state index in [1.54, 1.807) is 18.0 Å². The van der Waals surface area contributed by atoms with Crippen LogP contribution in [0, 0.1) is 0 Å². The van der Waals surface area contributed by atoms with Crippen LogP contribution < -0.4 is 5.32 Å². The molecule has 1 saturated carbocycles. The number of anilines is 1. The van der Waals surface area contributed by atoms with Gasteiger partial charge in [0.2, 0.25) is 0 Å². The summed E-state index contributed by atoms with van der Waals surface area (Å²) in [6.07, 6.45) is 6.05. The van der Waals surface area contributed by atoms with E-state index >= 15 is 0 Å². The Morgan fingerprint density at radius 1 is 1.31 bits per heavy atom. The summed E-state index contributed by atoms with van der Waals surface area (Å²) in [7, 11) is 0. The number of amides is 1. The number of carbonyl (C=O) groups excluding carboxylic acids is 1. The van der Waals surface area contributed by atoms with Crippen molar-refractivity contribution >= 4 is 34.4 Å². The summed E-state index contributed by atoms with van der Waals surface area (Å²) in [4.78, 5) is 19.0. The SMILES string of the molecule is CSc1ccccc1NC(=O)c1cc(C2CC2)nc2c1cnn2C(C)C. The highest BCUT2D eigenvalue weighted by Gasteiger charge is 2.28. The maximum atomic E-state index is 13.1. The first kappa shape index (κ1) is 17.1. The molecule has 4 rings (SSSR count). The van der Waals surface area contributed by atoms with Crippen LogP contribution in [0.15, 0.2) is 41.4 Å². The van der Waals surface area contributed by atoms with Crippen LogP contribution in [0.25, 0.3) is 11.0 Å². The first-order chi connectivity index (χ1) is 12.6. The highest BCUT2D eigenvalue weighted by atomic mass is 32.2. The number of hydrogen-bond donors (Lipinski definition) is 1. The van der Waals surface area contributed by atoms with Gasteiger partial charge in [-0.3, -0.25) is 4.79 Å². The van der Waals surface area contributed by atoms with Crippen molar-refractivity contribution < 1.29 is 4.79 Å². The average Bonchev–Trinajstić information content (AvgIpc) is 3.40. The molecule has 134 valence electrons. The van der Waals surface area contributed by atoms with E-state index in [9.17, 15) is 4.79 Å². The predicted octanol–water partition coefficient (Wildman–Crippen LogP) is 4.86. The van der Waals surface area contributed by atoms with Crippen molar-refractivity contribution in [3.63, 3.8) is 0 Å². The van der Waals surface area contributed by atoms with Gasteiger partial charge in [-0.2, -0.15) is 5.10 Å². The van der Waals surface area contributed by atoms with Crippen molar-refractivity contribution in [2.24, 2.45) is 0 Å². The van der Waals surface area contributed by atoms with Crippen molar-refractivity contribution in [1.29, 1.82) is 0 Å². The monoisotopic (exact) mass is 366 g/mol. The third-order valence-corrected chi connectivity index (χ3v) is 5.47. The maximum Gasteiger partial charge on any atom is 0.256 e. The number of nitrogens with zero attached hydrogens (tertiary/aromatic N) is 3. The minimum atomic E-state index is -0.107. The van der Waals surface area contributed by atoms with Gasteiger partial charge in [-0.05, 0) is 51.1 Å². The first-order valence-electron chi connectivity index (χ1n) is 8.91. The highest BCUT2D eigenvalue weighted by molar-refractivity contribution is 7.98. The lowest BCUT2D eigenvalue weighted by molar-refractivity contribution is 0.102. The largest absolute Gasteiger partial charge is 0.321 e. The van der Waals surface area contributed by atoms with Gasteiger partial charge in [0.1, 0.15) is 0 Å². The molecule has 0 radical (unpaired) electrons. The fraction of sp³-hybridized carbons (Fsp3) is 0.350. The normalized spacial score (nSPS) is 14.2. The Hall–Kier alpha value is -2.34. The van der Waals surface area contributed by atoms with Crippen LogP contribution in [-0.4, -0.2) is 26.9 Å². The smallest absolute Gasteiger partial charge is 0.256 e. The van der Waals surface area contributed by atoms with E-state index in [0.717, 1.165) is 40.2 Å². The Morgan fingerprint density at radius 2 is 2.08 bits per heavy atom. The molecule has 6 heteroatoms. The minimum absolute atomic E-state index is 0.107. The van der Waals surface area contributed by atoms with Crippen molar-refractivity contribution in [1.82, 2.24) is 14.8 Å². The maximum absolute atomic E-state index is 13.1. The van der Waals surface area contributed by atoms with Gasteiger partial charge in [0.15, 0.2) is 5.65 Å². The van der Waals surface area contributed by atoms with Crippen molar-refractivity contribution in [2.75, 3.05) is 11.6 Å². The minimum Gasteiger partial charge on any atom is -0.321 e. The number of rotatable bonds is 5. The summed E-state index contributed by atoms with van der Waals surface area (Å²) in [5.41, 5.74) is 3.29. The number of carbonyl (C=O) groups is 1. The van der Waals surface area contributed by atoms with E-state index in [-0.39, 0.29) is 11.9 Å². The molecule has 1 aliphatic rings. The summed E-state index contributed by atoms with van der Waals surface area (Å²) in [5.74, 6) is 0.365. The second-order valence-electron chi connectivity index (χ2n) is 6.94. The molecule has 5 nitrogen and oxygen atoms in total. The summed E-state index contributed by atoms with van der Waals surface area (Å²) >= 11 is 1.62. The molecule has 1 aliphatic carbocycles. The Balaban J connectivity index is 1.78. The number of thioether (sulfide) groups is 1.